The highest BCUT2D eigenvalue weighted by Gasteiger charge is 2.43. The molecule has 5 nitrogen and oxygen atoms in total. The number of alkyl halides is 3. The summed E-state index contributed by atoms with van der Waals surface area (Å²) < 4.78 is 41.8. The third-order valence-electron chi connectivity index (χ3n) is 5.10. The molecule has 0 aliphatic carbocycles. The summed E-state index contributed by atoms with van der Waals surface area (Å²) in [6.07, 6.45) is -2.01. The third-order valence-corrected chi connectivity index (χ3v) is 5.10. The number of amides is 2. The number of anilines is 1. The minimum atomic E-state index is -4.87. The van der Waals surface area contributed by atoms with Crippen LogP contribution in [0.5, 0.6) is 5.75 Å². The molecule has 2 amide bonds. The van der Waals surface area contributed by atoms with Gasteiger partial charge in [0.1, 0.15) is 11.4 Å². The number of ether oxygens (including phenoxy) is 1. The molecule has 2 heterocycles. The maximum absolute atomic E-state index is 13.3. The van der Waals surface area contributed by atoms with Gasteiger partial charge in [0, 0.05) is 19.2 Å². The molecule has 1 saturated heterocycles. The van der Waals surface area contributed by atoms with E-state index >= 15 is 0 Å². The first-order valence-electron chi connectivity index (χ1n) is 9.64. The molecule has 2 aromatic carbocycles. The monoisotopic (exact) mass is 416 g/mol. The molecule has 0 atom stereocenters. The molecule has 2 aliphatic rings. The number of benzene rings is 2. The molecule has 0 saturated carbocycles. The number of rotatable bonds is 4. The lowest BCUT2D eigenvalue weighted by atomic mass is 10.0. The number of carbonyl (C=O) groups excluding carboxylic acids is 2. The summed E-state index contributed by atoms with van der Waals surface area (Å²) in [6.45, 7) is 1.30. The number of likely N-dealkylation sites (tertiary alicyclic amines) is 1. The normalized spacial score (nSPS) is 17.7. The van der Waals surface area contributed by atoms with Crippen LogP contribution < -0.4 is 9.64 Å². The second kappa shape index (κ2) is 7.85. The van der Waals surface area contributed by atoms with Crippen LogP contribution >= 0.6 is 0 Å². The molecule has 8 heteroatoms. The molecule has 0 bridgehead atoms. The highest BCUT2D eigenvalue weighted by atomic mass is 19.4. The zero-order valence-electron chi connectivity index (χ0n) is 16.0. The molecule has 0 radical (unpaired) electrons. The van der Waals surface area contributed by atoms with Crippen molar-refractivity contribution in [2.45, 2.75) is 25.6 Å². The lowest BCUT2D eigenvalue weighted by molar-refractivity contribution is -0.274. The molecule has 4 rings (SSSR count). The van der Waals surface area contributed by atoms with Crippen LogP contribution in [-0.2, 0) is 9.59 Å². The van der Waals surface area contributed by atoms with Gasteiger partial charge in [-0.3, -0.25) is 9.59 Å². The van der Waals surface area contributed by atoms with E-state index in [1.807, 2.05) is 11.0 Å². The summed E-state index contributed by atoms with van der Waals surface area (Å²) in [6, 6.07) is 13.8. The van der Waals surface area contributed by atoms with E-state index in [0.29, 0.717) is 24.4 Å². The van der Waals surface area contributed by atoms with Crippen molar-refractivity contribution in [2.75, 3.05) is 18.0 Å². The van der Waals surface area contributed by atoms with E-state index in [4.69, 9.17) is 0 Å². The minimum Gasteiger partial charge on any atom is -0.406 e. The minimum absolute atomic E-state index is 0.0344. The topological polar surface area (TPSA) is 49.9 Å². The Morgan fingerprint density at radius 2 is 1.53 bits per heavy atom. The van der Waals surface area contributed by atoms with Crippen LogP contribution in [0.2, 0.25) is 0 Å². The Hall–Kier alpha value is -3.29. The predicted octanol–water partition coefficient (Wildman–Crippen LogP) is 4.36. The molecular formula is C22H19F3N2O3. The Labute approximate surface area is 171 Å². The third kappa shape index (κ3) is 3.90. The molecular weight excluding hydrogens is 397 g/mol. The molecule has 2 aromatic rings. The lowest BCUT2D eigenvalue weighted by Crippen LogP contribution is -2.37. The number of nitrogens with zero attached hydrogens (tertiary/aromatic N) is 2. The Morgan fingerprint density at radius 3 is 2.20 bits per heavy atom. The second-order valence-electron chi connectivity index (χ2n) is 7.13. The van der Waals surface area contributed by atoms with Crippen molar-refractivity contribution < 1.29 is 27.5 Å². The van der Waals surface area contributed by atoms with E-state index in [9.17, 15) is 22.8 Å². The summed E-state index contributed by atoms with van der Waals surface area (Å²) in [7, 11) is 0. The van der Waals surface area contributed by atoms with E-state index in [1.165, 1.54) is 12.1 Å². The van der Waals surface area contributed by atoms with Crippen molar-refractivity contribution in [3.8, 4) is 5.75 Å². The summed E-state index contributed by atoms with van der Waals surface area (Å²) >= 11 is 0. The van der Waals surface area contributed by atoms with Gasteiger partial charge in [0.05, 0.1) is 11.3 Å². The highest BCUT2D eigenvalue weighted by Crippen LogP contribution is 2.37. The van der Waals surface area contributed by atoms with Gasteiger partial charge < -0.3 is 9.64 Å². The summed E-state index contributed by atoms with van der Waals surface area (Å²) in [4.78, 5) is 29.5. The second-order valence-corrected chi connectivity index (χ2v) is 7.13. The van der Waals surface area contributed by atoms with Crippen LogP contribution in [0.4, 0.5) is 18.9 Å². The fraction of sp³-hybridized carbons (Fsp3) is 0.273. The Morgan fingerprint density at radius 1 is 0.833 bits per heavy atom. The van der Waals surface area contributed by atoms with Crippen LogP contribution in [0, 0.1) is 0 Å². The van der Waals surface area contributed by atoms with Crippen molar-refractivity contribution in [1.29, 1.82) is 0 Å². The largest absolute Gasteiger partial charge is 0.573 e. The van der Waals surface area contributed by atoms with Crippen molar-refractivity contribution in [3.05, 3.63) is 65.9 Å². The number of hydrogen-bond acceptors (Lipinski definition) is 4. The maximum Gasteiger partial charge on any atom is 0.573 e. The van der Waals surface area contributed by atoms with E-state index in [-0.39, 0.29) is 11.3 Å². The van der Waals surface area contributed by atoms with E-state index in [0.717, 1.165) is 36.3 Å². The molecule has 0 unspecified atom stereocenters. The number of piperidine rings is 1. The van der Waals surface area contributed by atoms with Gasteiger partial charge in [0.2, 0.25) is 0 Å². The highest BCUT2D eigenvalue weighted by molar-refractivity contribution is 6.45. The van der Waals surface area contributed by atoms with Gasteiger partial charge in [-0.25, -0.2) is 4.90 Å². The molecule has 1 fully saturated rings. The average Bonchev–Trinajstić information content (AvgIpc) is 2.98. The van der Waals surface area contributed by atoms with Gasteiger partial charge in [-0.2, -0.15) is 0 Å². The zero-order valence-corrected chi connectivity index (χ0v) is 16.0. The smallest absolute Gasteiger partial charge is 0.406 e. The summed E-state index contributed by atoms with van der Waals surface area (Å²) in [5, 5.41) is 0. The fourth-order valence-corrected chi connectivity index (χ4v) is 3.85. The lowest BCUT2D eigenvalue weighted by Gasteiger charge is -2.29. The van der Waals surface area contributed by atoms with Crippen molar-refractivity contribution in [1.82, 2.24) is 4.90 Å². The fourth-order valence-electron chi connectivity index (χ4n) is 3.85. The molecule has 2 aliphatic heterocycles. The van der Waals surface area contributed by atoms with Crippen LogP contribution in [0.15, 0.2) is 60.3 Å². The Bertz CT molecular complexity index is 996. The van der Waals surface area contributed by atoms with Gasteiger partial charge in [0.25, 0.3) is 11.8 Å². The number of hydrogen-bond donors (Lipinski definition) is 0. The molecule has 0 N–H and O–H groups in total. The van der Waals surface area contributed by atoms with Gasteiger partial charge >= 0.3 is 6.36 Å². The summed E-state index contributed by atoms with van der Waals surface area (Å²) in [5.41, 5.74) is 1.20. The standard InChI is InChI=1S/C22H19F3N2O3/c23-22(24,25)30-17-11-7-10-16(14-17)27-20(28)18(15-8-3-1-4-9-15)19(21(27)29)26-12-5-2-6-13-26/h1,3-4,7-11,14H,2,5-6,12-13H2. The number of carbonyl (C=O) groups is 2. The van der Waals surface area contributed by atoms with Crippen LogP contribution in [-0.4, -0.2) is 36.2 Å². The van der Waals surface area contributed by atoms with Crippen molar-refractivity contribution in [3.63, 3.8) is 0 Å². The van der Waals surface area contributed by atoms with Gasteiger partial charge in [0.15, 0.2) is 0 Å². The Kier molecular flexibility index (Phi) is 5.24. The molecule has 0 aromatic heterocycles. The zero-order chi connectivity index (χ0) is 21.3. The van der Waals surface area contributed by atoms with Crippen LogP contribution in [0.25, 0.3) is 5.57 Å². The van der Waals surface area contributed by atoms with E-state index in [1.54, 1.807) is 24.3 Å². The van der Waals surface area contributed by atoms with Crippen molar-refractivity contribution >= 4 is 23.1 Å². The first kappa shape index (κ1) is 20.0. The Balaban J connectivity index is 1.75. The van der Waals surface area contributed by atoms with Crippen molar-refractivity contribution in [2.24, 2.45) is 0 Å². The van der Waals surface area contributed by atoms with Gasteiger partial charge in [-0.15, -0.1) is 13.2 Å². The molecule has 156 valence electrons. The SMILES string of the molecule is O=C1C(c2ccccc2)=C(N2CCCCC2)C(=O)N1c1cccc(OC(F)(F)F)c1. The average molecular weight is 416 g/mol. The van der Waals surface area contributed by atoms with Crippen LogP contribution in [0.3, 0.4) is 0 Å². The maximum atomic E-state index is 13.3. The van der Waals surface area contributed by atoms with E-state index < -0.39 is 23.9 Å². The first-order valence-corrected chi connectivity index (χ1v) is 9.64. The van der Waals surface area contributed by atoms with Gasteiger partial charge in [-0.05, 0) is 37.0 Å². The van der Waals surface area contributed by atoms with Crippen LogP contribution in [0.1, 0.15) is 24.8 Å². The first-order chi connectivity index (χ1) is 14.3. The van der Waals surface area contributed by atoms with E-state index in [2.05, 4.69) is 4.74 Å². The number of imide groups is 1. The number of halogens is 3. The summed E-state index contributed by atoms with van der Waals surface area (Å²) in [5.74, 6) is -1.59. The van der Waals surface area contributed by atoms with Gasteiger partial charge in [-0.1, -0.05) is 36.4 Å². The molecule has 0 spiro atoms. The predicted molar refractivity (Wildman–Crippen MR) is 104 cm³/mol. The molecule has 30 heavy (non-hydrogen) atoms. The quantitative estimate of drug-likeness (QED) is 0.696.